The van der Waals surface area contributed by atoms with Crippen LogP contribution in [-0.4, -0.2) is 23.7 Å². The summed E-state index contributed by atoms with van der Waals surface area (Å²) in [6.07, 6.45) is 14.8. The molecule has 0 aromatic carbocycles. The van der Waals surface area contributed by atoms with E-state index in [0.29, 0.717) is 12.5 Å². The van der Waals surface area contributed by atoms with Crippen molar-refractivity contribution in [1.29, 1.82) is 0 Å². The molecule has 1 aromatic heterocycles. The molecule has 4 nitrogen and oxygen atoms in total. The molecule has 0 spiro atoms. The van der Waals surface area contributed by atoms with Crippen molar-refractivity contribution in [3.05, 3.63) is 23.9 Å². The fourth-order valence-corrected chi connectivity index (χ4v) is 5.99. The Morgan fingerprint density at radius 1 is 1.00 bits per heavy atom. The smallest absolute Gasteiger partial charge is 0.415 e. The number of ether oxygens (including phenoxy) is 1. The molecule has 2 saturated carbocycles. The Balaban J connectivity index is 1.54. The van der Waals surface area contributed by atoms with Gasteiger partial charge in [0.25, 0.3) is 0 Å². The van der Waals surface area contributed by atoms with E-state index in [4.69, 9.17) is 9.72 Å². The van der Waals surface area contributed by atoms with E-state index < -0.39 is 0 Å². The minimum atomic E-state index is -0.246. The van der Waals surface area contributed by atoms with Crippen molar-refractivity contribution in [1.82, 2.24) is 4.98 Å². The monoisotopic (exact) mass is 398 g/mol. The molecule has 1 saturated heterocycles. The number of hydrogen-bond donors (Lipinski definition) is 0. The Labute approximate surface area is 176 Å². The molecule has 0 unspecified atom stereocenters. The maximum Gasteiger partial charge on any atom is 0.415 e. The van der Waals surface area contributed by atoms with Gasteiger partial charge < -0.3 is 4.74 Å². The minimum Gasteiger partial charge on any atom is -0.447 e. The Bertz CT molecular complexity index is 659. The molecular weight excluding hydrogens is 360 g/mol. The lowest BCUT2D eigenvalue weighted by atomic mass is 9.68. The van der Waals surface area contributed by atoms with Gasteiger partial charge in [0.2, 0.25) is 0 Å². The third-order valence-electron chi connectivity index (χ3n) is 7.67. The fraction of sp³-hybridized carbons (Fsp3) is 0.760. The van der Waals surface area contributed by atoms with Crippen LogP contribution in [0.1, 0.15) is 83.7 Å². The molecule has 0 bridgehead atoms. The average Bonchev–Trinajstić information content (AvgIpc) is 3.15. The number of aromatic nitrogens is 1. The van der Waals surface area contributed by atoms with Gasteiger partial charge >= 0.3 is 6.09 Å². The fourth-order valence-electron chi connectivity index (χ4n) is 5.99. The molecule has 3 fully saturated rings. The van der Waals surface area contributed by atoms with Crippen LogP contribution in [0.5, 0.6) is 0 Å². The van der Waals surface area contributed by atoms with Gasteiger partial charge in [-0.2, -0.15) is 0 Å². The molecule has 0 radical (unpaired) electrons. The molecule has 1 amide bonds. The van der Waals surface area contributed by atoms with Gasteiger partial charge in [-0.1, -0.05) is 84.1 Å². The highest BCUT2D eigenvalue weighted by Gasteiger charge is 2.37. The largest absolute Gasteiger partial charge is 0.447 e. The van der Waals surface area contributed by atoms with Crippen LogP contribution in [0.2, 0.25) is 0 Å². The van der Waals surface area contributed by atoms with E-state index >= 15 is 0 Å². The third-order valence-corrected chi connectivity index (χ3v) is 7.67. The summed E-state index contributed by atoms with van der Waals surface area (Å²) in [5, 5.41) is 0. The molecule has 1 atom stereocenters. The first-order chi connectivity index (χ1) is 14.1. The van der Waals surface area contributed by atoms with Crippen LogP contribution in [0, 0.1) is 23.7 Å². The quantitative estimate of drug-likeness (QED) is 0.558. The number of carbonyl (C=O) groups is 1. The predicted octanol–water partition coefficient (Wildman–Crippen LogP) is 6.38. The van der Waals surface area contributed by atoms with E-state index in [0.717, 1.165) is 35.7 Å². The standard InChI is InChI=1S/C25H38N2O2/c1-18(2)23-17-29-25(28)27(23)24-15-9-14-21(26-24)16-22(19-10-5-3-6-11-19)20-12-7-4-8-13-20/h9,14-15,18-20,22-23H,3-8,10-13,16-17H2,1-2H3/t23-/m0/s1. The van der Waals surface area contributed by atoms with E-state index in [2.05, 4.69) is 26.0 Å². The maximum absolute atomic E-state index is 12.4. The third kappa shape index (κ3) is 4.78. The average molecular weight is 399 g/mol. The van der Waals surface area contributed by atoms with Gasteiger partial charge in [0, 0.05) is 5.69 Å². The molecule has 1 aromatic rings. The summed E-state index contributed by atoms with van der Waals surface area (Å²) in [6.45, 7) is 4.76. The van der Waals surface area contributed by atoms with E-state index in [9.17, 15) is 4.79 Å². The first-order valence-electron chi connectivity index (χ1n) is 12.1. The molecule has 0 N–H and O–H groups in total. The second-order valence-corrected chi connectivity index (χ2v) is 9.91. The lowest BCUT2D eigenvalue weighted by Crippen LogP contribution is -2.38. The zero-order valence-corrected chi connectivity index (χ0v) is 18.3. The second-order valence-electron chi connectivity index (χ2n) is 9.91. The summed E-state index contributed by atoms with van der Waals surface area (Å²) in [5.41, 5.74) is 1.16. The van der Waals surface area contributed by atoms with Crippen molar-refractivity contribution in [2.75, 3.05) is 11.5 Å². The Morgan fingerprint density at radius 2 is 1.62 bits per heavy atom. The predicted molar refractivity (Wildman–Crippen MR) is 117 cm³/mol. The Hall–Kier alpha value is -1.58. The van der Waals surface area contributed by atoms with E-state index in [1.54, 1.807) is 4.90 Å². The molecule has 1 aliphatic heterocycles. The summed E-state index contributed by atoms with van der Waals surface area (Å²) in [7, 11) is 0. The minimum absolute atomic E-state index is 0.0812. The Kier molecular flexibility index (Phi) is 6.77. The van der Waals surface area contributed by atoms with Crippen LogP contribution in [0.25, 0.3) is 0 Å². The summed E-state index contributed by atoms with van der Waals surface area (Å²) in [6, 6.07) is 6.31. The van der Waals surface area contributed by atoms with Crippen LogP contribution in [0.4, 0.5) is 10.6 Å². The molecule has 4 rings (SSSR count). The normalized spacial score (nSPS) is 24.5. The van der Waals surface area contributed by atoms with Crippen molar-refractivity contribution in [2.45, 2.75) is 90.5 Å². The van der Waals surface area contributed by atoms with Crippen molar-refractivity contribution in [3.8, 4) is 0 Å². The number of nitrogens with zero attached hydrogens (tertiary/aromatic N) is 2. The molecule has 29 heavy (non-hydrogen) atoms. The number of anilines is 1. The van der Waals surface area contributed by atoms with Gasteiger partial charge in [0.1, 0.15) is 12.4 Å². The number of amides is 1. The highest BCUT2D eigenvalue weighted by atomic mass is 16.6. The van der Waals surface area contributed by atoms with Crippen LogP contribution < -0.4 is 4.90 Å². The summed E-state index contributed by atoms with van der Waals surface area (Å²) < 4.78 is 5.35. The lowest BCUT2D eigenvalue weighted by Gasteiger charge is -2.38. The summed E-state index contributed by atoms with van der Waals surface area (Å²) in [5.74, 6) is 3.60. The van der Waals surface area contributed by atoms with Crippen molar-refractivity contribution in [2.24, 2.45) is 23.7 Å². The zero-order valence-electron chi connectivity index (χ0n) is 18.3. The Morgan fingerprint density at radius 3 is 2.21 bits per heavy atom. The van der Waals surface area contributed by atoms with Gasteiger partial charge in [0.05, 0.1) is 6.04 Å². The SMILES string of the molecule is CC(C)[C@@H]1COC(=O)N1c1cccc(CC(C2CCCCC2)C2CCCCC2)n1. The maximum atomic E-state index is 12.4. The first-order valence-corrected chi connectivity index (χ1v) is 12.1. The van der Waals surface area contributed by atoms with Crippen LogP contribution in [0.15, 0.2) is 18.2 Å². The molecular formula is C25H38N2O2. The summed E-state index contributed by atoms with van der Waals surface area (Å²) in [4.78, 5) is 19.2. The van der Waals surface area contributed by atoms with Gasteiger partial charge in [-0.15, -0.1) is 0 Å². The van der Waals surface area contributed by atoms with Crippen LogP contribution in [-0.2, 0) is 11.2 Å². The number of rotatable bonds is 6. The molecule has 2 heterocycles. The van der Waals surface area contributed by atoms with Gasteiger partial charge in [-0.25, -0.2) is 9.78 Å². The topological polar surface area (TPSA) is 42.4 Å². The van der Waals surface area contributed by atoms with E-state index in [-0.39, 0.29) is 12.1 Å². The summed E-state index contributed by atoms with van der Waals surface area (Å²) >= 11 is 0. The molecule has 160 valence electrons. The van der Waals surface area contributed by atoms with Crippen molar-refractivity contribution >= 4 is 11.9 Å². The van der Waals surface area contributed by atoms with Crippen molar-refractivity contribution < 1.29 is 9.53 Å². The zero-order chi connectivity index (χ0) is 20.2. The van der Waals surface area contributed by atoms with E-state index in [1.165, 1.54) is 64.2 Å². The first kappa shape index (κ1) is 20.7. The van der Waals surface area contributed by atoms with Crippen molar-refractivity contribution in [3.63, 3.8) is 0 Å². The highest BCUT2D eigenvalue weighted by molar-refractivity contribution is 5.89. The van der Waals surface area contributed by atoms with Gasteiger partial charge in [0.15, 0.2) is 0 Å². The number of carbonyl (C=O) groups excluding carboxylic acids is 1. The van der Waals surface area contributed by atoms with Gasteiger partial charge in [-0.05, 0) is 42.2 Å². The lowest BCUT2D eigenvalue weighted by molar-refractivity contribution is 0.142. The van der Waals surface area contributed by atoms with Crippen LogP contribution >= 0.6 is 0 Å². The van der Waals surface area contributed by atoms with E-state index in [1.807, 2.05) is 6.07 Å². The number of pyridine rings is 1. The number of hydrogen-bond acceptors (Lipinski definition) is 3. The molecule has 2 aliphatic carbocycles. The number of cyclic esters (lactones) is 1. The van der Waals surface area contributed by atoms with Gasteiger partial charge in [-0.3, -0.25) is 4.90 Å². The highest BCUT2D eigenvalue weighted by Crippen LogP contribution is 2.41. The molecule has 3 aliphatic rings. The second kappa shape index (κ2) is 9.49. The van der Waals surface area contributed by atoms with Crippen LogP contribution in [0.3, 0.4) is 0 Å². The molecule has 4 heteroatoms.